The van der Waals surface area contributed by atoms with Crippen LogP contribution in [0.1, 0.15) is 21.5 Å². The lowest BCUT2D eigenvalue weighted by molar-refractivity contribution is 0.104. The number of nitrogens with zero attached hydrogens (tertiary/aromatic N) is 3. The molecular weight excluding hydrogens is 400 g/mol. The molecule has 1 aromatic heterocycles. The number of benzene rings is 3. The van der Waals surface area contributed by atoms with Crippen molar-refractivity contribution in [3.63, 3.8) is 0 Å². The Balaban J connectivity index is 1.35. The molecule has 0 aliphatic rings. The van der Waals surface area contributed by atoms with Crippen LogP contribution in [0.2, 0.25) is 0 Å². The Morgan fingerprint density at radius 3 is 2.45 bits per heavy atom. The fourth-order valence-electron chi connectivity index (χ4n) is 2.86. The minimum absolute atomic E-state index is 0.0378. The van der Waals surface area contributed by atoms with Crippen molar-refractivity contribution >= 4 is 11.9 Å². The van der Waals surface area contributed by atoms with E-state index in [1.807, 2.05) is 24.3 Å². The summed E-state index contributed by atoms with van der Waals surface area (Å²) < 4.78 is 33.8. The number of ether oxygens (including phenoxy) is 1. The number of hydrogen-bond acceptors (Lipinski definition) is 4. The second-order valence-corrected chi connectivity index (χ2v) is 6.68. The van der Waals surface area contributed by atoms with Crippen LogP contribution in [0.4, 0.5) is 8.78 Å². The lowest BCUT2D eigenvalue weighted by Crippen LogP contribution is -2.00. The monoisotopic (exact) mass is 417 g/mol. The van der Waals surface area contributed by atoms with Crippen LogP contribution in [0.15, 0.2) is 85.5 Å². The molecule has 0 aliphatic carbocycles. The van der Waals surface area contributed by atoms with Crippen molar-refractivity contribution in [1.82, 2.24) is 14.8 Å². The minimum atomic E-state index is -0.661. The Bertz CT molecular complexity index is 1200. The van der Waals surface area contributed by atoms with Gasteiger partial charge in [0.05, 0.1) is 5.69 Å². The molecule has 3 aromatic carbocycles. The van der Waals surface area contributed by atoms with E-state index in [9.17, 15) is 13.6 Å². The van der Waals surface area contributed by atoms with Gasteiger partial charge in [-0.05, 0) is 60.2 Å². The molecule has 0 atom stereocenters. The summed E-state index contributed by atoms with van der Waals surface area (Å²) in [5.74, 6) is -0.973. The minimum Gasteiger partial charge on any atom is -0.489 e. The topological polar surface area (TPSA) is 57.0 Å². The molecule has 0 bridgehead atoms. The van der Waals surface area contributed by atoms with Crippen molar-refractivity contribution in [2.45, 2.75) is 6.61 Å². The molecule has 31 heavy (non-hydrogen) atoms. The average Bonchev–Trinajstić information content (AvgIpc) is 3.33. The Hall–Kier alpha value is -4.13. The van der Waals surface area contributed by atoms with Crippen LogP contribution in [0.5, 0.6) is 5.75 Å². The van der Waals surface area contributed by atoms with E-state index >= 15 is 0 Å². The number of allylic oxidation sites excluding steroid dienone is 1. The van der Waals surface area contributed by atoms with Gasteiger partial charge in [0.15, 0.2) is 5.78 Å². The zero-order valence-corrected chi connectivity index (χ0v) is 16.3. The van der Waals surface area contributed by atoms with Gasteiger partial charge in [-0.15, -0.1) is 0 Å². The first kappa shape index (κ1) is 20.2. The van der Waals surface area contributed by atoms with Gasteiger partial charge in [0.25, 0.3) is 0 Å². The van der Waals surface area contributed by atoms with Crippen LogP contribution in [-0.2, 0) is 6.61 Å². The molecule has 0 amide bonds. The zero-order chi connectivity index (χ0) is 21.6. The van der Waals surface area contributed by atoms with E-state index < -0.39 is 11.6 Å². The average molecular weight is 417 g/mol. The van der Waals surface area contributed by atoms with Gasteiger partial charge in [-0.2, -0.15) is 5.10 Å². The first-order valence-corrected chi connectivity index (χ1v) is 9.43. The summed E-state index contributed by atoms with van der Waals surface area (Å²) in [5, 5.41) is 4.06. The van der Waals surface area contributed by atoms with E-state index in [1.54, 1.807) is 41.4 Å². The Morgan fingerprint density at radius 1 is 1.00 bits per heavy atom. The standard InChI is InChI=1S/C24H17F2N3O2/c25-20-7-4-19(23(26)13-20)14-31-22-10-5-18(6-11-22)24(30)12-3-17-1-8-21(9-2-17)29-16-27-15-28-29/h1-13,15-16H,14H2/b12-3+. The second kappa shape index (κ2) is 9.13. The van der Waals surface area contributed by atoms with E-state index in [2.05, 4.69) is 10.1 Å². The summed E-state index contributed by atoms with van der Waals surface area (Å²) in [6, 6.07) is 17.4. The molecular formula is C24H17F2N3O2. The van der Waals surface area contributed by atoms with Gasteiger partial charge in [0, 0.05) is 17.2 Å². The summed E-state index contributed by atoms with van der Waals surface area (Å²) in [6.07, 6.45) is 6.30. The molecule has 0 fully saturated rings. The van der Waals surface area contributed by atoms with Crippen LogP contribution < -0.4 is 4.74 Å². The van der Waals surface area contributed by atoms with Gasteiger partial charge < -0.3 is 4.74 Å². The molecule has 5 nitrogen and oxygen atoms in total. The smallest absolute Gasteiger partial charge is 0.185 e. The number of hydrogen-bond donors (Lipinski definition) is 0. The molecule has 154 valence electrons. The van der Waals surface area contributed by atoms with E-state index in [0.717, 1.165) is 17.3 Å². The Morgan fingerprint density at radius 2 is 1.77 bits per heavy atom. The van der Waals surface area contributed by atoms with Gasteiger partial charge in [-0.25, -0.2) is 18.4 Å². The van der Waals surface area contributed by atoms with E-state index in [4.69, 9.17) is 4.74 Å². The quantitative estimate of drug-likeness (QED) is 0.313. The highest BCUT2D eigenvalue weighted by Gasteiger charge is 2.06. The number of halogens is 2. The molecule has 0 unspecified atom stereocenters. The number of aromatic nitrogens is 3. The fourth-order valence-corrected chi connectivity index (χ4v) is 2.86. The second-order valence-electron chi connectivity index (χ2n) is 6.68. The van der Waals surface area contributed by atoms with Crippen molar-refractivity contribution in [3.05, 3.63) is 114 Å². The van der Waals surface area contributed by atoms with Crippen molar-refractivity contribution in [3.8, 4) is 11.4 Å². The summed E-state index contributed by atoms with van der Waals surface area (Å²) in [4.78, 5) is 16.3. The first-order valence-electron chi connectivity index (χ1n) is 9.43. The highest BCUT2D eigenvalue weighted by molar-refractivity contribution is 6.06. The summed E-state index contributed by atoms with van der Waals surface area (Å²) in [5.41, 5.74) is 2.49. The third-order valence-electron chi connectivity index (χ3n) is 4.55. The van der Waals surface area contributed by atoms with Crippen molar-refractivity contribution in [1.29, 1.82) is 0 Å². The number of rotatable bonds is 7. The van der Waals surface area contributed by atoms with Crippen LogP contribution >= 0.6 is 0 Å². The van der Waals surface area contributed by atoms with Gasteiger partial charge in [-0.1, -0.05) is 18.2 Å². The highest BCUT2D eigenvalue weighted by Crippen LogP contribution is 2.17. The summed E-state index contributed by atoms with van der Waals surface area (Å²) >= 11 is 0. The predicted octanol–water partition coefficient (Wildman–Crippen LogP) is 5.02. The lowest BCUT2D eigenvalue weighted by Gasteiger charge is -2.07. The molecule has 0 saturated carbocycles. The maximum Gasteiger partial charge on any atom is 0.185 e. The molecule has 0 aliphatic heterocycles. The Kier molecular flexibility index (Phi) is 5.93. The summed E-state index contributed by atoms with van der Waals surface area (Å²) in [6.45, 7) is -0.0378. The molecule has 0 radical (unpaired) electrons. The molecule has 0 saturated heterocycles. The maximum absolute atomic E-state index is 13.7. The highest BCUT2D eigenvalue weighted by atomic mass is 19.1. The van der Waals surface area contributed by atoms with Gasteiger partial charge in [-0.3, -0.25) is 4.79 Å². The van der Waals surface area contributed by atoms with Crippen molar-refractivity contribution in [2.75, 3.05) is 0 Å². The van der Waals surface area contributed by atoms with Crippen molar-refractivity contribution in [2.24, 2.45) is 0 Å². The Labute approximate surface area is 177 Å². The van der Waals surface area contributed by atoms with Crippen LogP contribution in [0, 0.1) is 11.6 Å². The first-order chi connectivity index (χ1) is 15.1. The van der Waals surface area contributed by atoms with Gasteiger partial charge >= 0.3 is 0 Å². The summed E-state index contributed by atoms with van der Waals surface area (Å²) in [7, 11) is 0. The SMILES string of the molecule is O=C(/C=C/c1ccc(-n2cncn2)cc1)c1ccc(OCc2ccc(F)cc2F)cc1. The zero-order valence-electron chi connectivity index (χ0n) is 16.3. The van der Waals surface area contributed by atoms with E-state index in [1.165, 1.54) is 24.5 Å². The predicted molar refractivity (Wildman–Crippen MR) is 112 cm³/mol. The van der Waals surface area contributed by atoms with Crippen molar-refractivity contribution < 1.29 is 18.3 Å². The molecule has 4 rings (SSSR count). The van der Waals surface area contributed by atoms with Crippen LogP contribution in [0.25, 0.3) is 11.8 Å². The van der Waals surface area contributed by atoms with E-state index in [0.29, 0.717) is 11.3 Å². The normalized spacial score (nSPS) is 11.0. The fraction of sp³-hybridized carbons (Fsp3) is 0.0417. The molecule has 0 spiro atoms. The van der Waals surface area contributed by atoms with E-state index in [-0.39, 0.29) is 18.0 Å². The largest absolute Gasteiger partial charge is 0.489 e. The van der Waals surface area contributed by atoms with Crippen LogP contribution in [0.3, 0.4) is 0 Å². The van der Waals surface area contributed by atoms with Gasteiger partial charge in [0.1, 0.15) is 36.6 Å². The molecule has 7 heteroatoms. The molecule has 4 aromatic rings. The molecule has 1 heterocycles. The van der Waals surface area contributed by atoms with Crippen LogP contribution in [-0.4, -0.2) is 20.5 Å². The number of carbonyl (C=O) groups excluding carboxylic acids is 1. The molecule has 0 N–H and O–H groups in total. The third kappa shape index (κ3) is 5.08. The number of ketones is 1. The maximum atomic E-state index is 13.7. The lowest BCUT2D eigenvalue weighted by atomic mass is 10.1. The third-order valence-corrected chi connectivity index (χ3v) is 4.55. The van der Waals surface area contributed by atoms with Gasteiger partial charge in [0.2, 0.25) is 0 Å². The number of carbonyl (C=O) groups is 1.